The number of nitrogens with zero attached hydrogens (tertiary/aromatic N) is 1. The second-order valence-electron chi connectivity index (χ2n) is 3.73. The Morgan fingerprint density at radius 3 is 2.60 bits per heavy atom. The van der Waals surface area contributed by atoms with Gasteiger partial charge in [-0.3, -0.25) is 4.79 Å². The fraction of sp³-hybridized carbons (Fsp3) is 0.900. The first-order valence-corrected chi connectivity index (χ1v) is 6.60. The van der Waals surface area contributed by atoms with E-state index in [1.165, 1.54) is 0 Å². The fourth-order valence-electron chi connectivity index (χ4n) is 1.76. The molecule has 0 spiro atoms. The molecule has 1 saturated heterocycles. The highest BCUT2D eigenvalue weighted by molar-refractivity contribution is 7.98. The van der Waals surface area contributed by atoms with Crippen LogP contribution in [0.4, 0.5) is 0 Å². The number of carbonyl (C=O) groups is 1. The zero-order valence-electron chi connectivity index (χ0n) is 9.49. The first kappa shape index (κ1) is 15.1. The highest BCUT2D eigenvalue weighted by Crippen LogP contribution is 2.11. The number of rotatable bonds is 4. The van der Waals surface area contributed by atoms with Crippen molar-refractivity contribution in [1.29, 1.82) is 0 Å². The number of halogens is 1. The molecule has 1 amide bonds. The maximum Gasteiger partial charge on any atom is 0.223 e. The van der Waals surface area contributed by atoms with Crippen molar-refractivity contribution in [2.75, 3.05) is 32.1 Å². The van der Waals surface area contributed by atoms with Crippen LogP contribution in [0.25, 0.3) is 0 Å². The molecule has 1 aliphatic rings. The first-order valence-electron chi connectivity index (χ1n) is 5.21. The van der Waals surface area contributed by atoms with Crippen molar-refractivity contribution in [3.8, 4) is 0 Å². The number of hydrogen-bond acceptors (Lipinski definition) is 3. The molecule has 1 rings (SSSR count). The molecule has 5 heteroatoms. The molecule has 15 heavy (non-hydrogen) atoms. The third kappa shape index (κ3) is 5.09. The van der Waals surface area contributed by atoms with Crippen LogP contribution in [0.3, 0.4) is 0 Å². The van der Waals surface area contributed by atoms with Crippen LogP contribution in [-0.4, -0.2) is 49.0 Å². The molecule has 1 heterocycles. The lowest BCUT2D eigenvalue weighted by Gasteiger charge is -2.31. The maximum atomic E-state index is 11.7. The molecule has 1 aliphatic heterocycles. The quantitative estimate of drug-likeness (QED) is 0.821. The van der Waals surface area contributed by atoms with Gasteiger partial charge in [-0.15, -0.1) is 12.4 Å². The van der Waals surface area contributed by atoms with E-state index in [-0.39, 0.29) is 12.4 Å². The van der Waals surface area contributed by atoms with Crippen LogP contribution < -0.4 is 5.32 Å². The van der Waals surface area contributed by atoms with E-state index < -0.39 is 0 Å². The van der Waals surface area contributed by atoms with E-state index in [1.54, 1.807) is 11.8 Å². The second-order valence-corrected chi connectivity index (χ2v) is 4.71. The van der Waals surface area contributed by atoms with Gasteiger partial charge in [-0.25, -0.2) is 0 Å². The minimum Gasteiger partial charge on any atom is -0.343 e. The molecule has 0 aromatic rings. The molecule has 3 nitrogen and oxygen atoms in total. The summed E-state index contributed by atoms with van der Waals surface area (Å²) in [4.78, 5) is 13.6. The topological polar surface area (TPSA) is 32.3 Å². The molecule has 1 fully saturated rings. The Bertz CT molecular complexity index is 186. The standard InChI is InChI=1S/C10H20N2OS.ClH/c1-12(10(13)5-8-14-2)9-3-6-11-7-4-9;/h9,11H,3-8H2,1-2H3;1H. The highest BCUT2D eigenvalue weighted by atomic mass is 35.5. The zero-order chi connectivity index (χ0) is 10.4. The van der Waals surface area contributed by atoms with Crippen molar-refractivity contribution in [3.05, 3.63) is 0 Å². The van der Waals surface area contributed by atoms with E-state index in [0.29, 0.717) is 18.4 Å². The van der Waals surface area contributed by atoms with Gasteiger partial charge in [0, 0.05) is 25.3 Å². The summed E-state index contributed by atoms with van der Waals surface area (Å²) in [6, 6.07) is 0.464. The molecular weight excluding hydrogens is 232 g/mol. The summed E-state index contributed by atoms with van der Waals surface area (Å²) in [6.07, 6.45) is 4.92. The number of piperidine rings is 1. The fourth-order valence-corrected chi connectivity index (χ4v) is 2.14. The van der Waals surface area contributed by atoms with Gasteiger partial charge in [0.05, 0.1) is 0 Å². The third-order valence-corrected chi connectivity index (χ3v) is 3.38. The minimum absolute atomic E-state index is 0. The summed E-state index contributed by atoms with van der Waals surface area (Å²) in [5.74, 6) is 1.24. The van der Waals surface area contributed by atoms with Crippen LogP contribution in [0.1, 0.15) is 19.3 Å². The molecule has 90 valence electrons. The minimum atomic E-state index is 0. The Hall–Kier alpha value is 0.0700. The number of hydrogen-bond donors (Lipinski definition) is 1. The van der Waals surface area contributed by atoms with Gasteiger partial charge in [-0.05, 0) is 32.2 Å². The van der Waals surface area contributed by atoms with E-state index in [2.05, 4.69) is 5.32 Å². The average Bonchev–Trinajstić information content (AvgIpc) is 2.26. The van der Waals surface area contributed by atoms with Gasteiger partial charge >= 0.3 is 0 Å². The second kappa shape index (κ2) is 8.25. The summed E-state index contributed by atoms with van der Waals surface area (Å²) in [5.41, 5.74) is 0. The highest BCUT2D eigenvalue weighted by Gasteiger charge is 2.20. The zero-order valence-corrected chi connectivity index (χ0v) is 11.1. The Labute approximate surface area is 103 Å². The van der Waals surface area contributed by atoms with Crippen LogP contribution >= 0.6 is 24.2 Å². The molecule has 0 aliphatic carbocycles. The van der Waals surface area contributed by atoms with Crippen molar-refractivity contribution in [1.82, 2.24) is 10.2 Å². The van der Waals surface area contributed by atoms with E-state index >= 15 is 0 Å². The van der Waals surface area contributed by atoms with Gasteiger partial charge in [-0.1, -0.05) is 0 Å². The van der Waals surface area contributed by atoms with Crippen LogP contribution in [0.5, 0.6) is 0 Å². The predicted octanol–water partition coefficient (Wildman–Crippen LogP) is 1.37. The molecule has 0 saturated carbocycles. The molecule has 0 bridgehead atoms. The smallest absolute Gasteiger partial charge is 0.223 e. The van der Waals surface area contributed by atoms with E-state index in [4.69, 9.17) is 0 Å². The summed E-state index contributed by atoms with van der Waals surface area (Å²) < 4.78 is 0. The molecule has 1 N–H and O–H groups in total. The van der Waals surface area contributed by atoms with Crippen LogP contribution in [0, 0.1) is 0 Å². The number of carbonyl (C=O) groups excluding carboxylic acids is 1. The van der Waals surface area contributed by atoms with E-state index in [9.17, 15) is 4.79 Å². The Morgan fingerprint density at radius 1 is 1.47 bits per heavy atom. The summed E-state index contributed by atoms with van der Waals surface area (Å²) >= 11 is 1.73. The van der Waals surface area contributed by atoms with Crippen LogP contribution in [0.2, 0.25) is 0 Å². The Morgan fingerprint density at radius 2 is 2.07 bits per heavy atom. The molecular formula is C10H21ClN2OS. The molecule has 0 radical (unpaired) electrons. The molecule has 0 atom stereocenters. The van der Waals surface area contributed by atoms with Crippen LogP contribution in [0.15, 0.2) is 0 Å². The summed E-state index contributed by atoms with van der Waals surface area (Å²) in [5, 5.41) is 3.31. The van der Waals surface area contributed by atoms with Crippen molar-refractivity contribution < 1.29 is 4.79 Å². The van der Waals surface area contributed by atoms with E-state index in [1.807, 2.05) is 18.2 Å². The number of thioether (sulfide) groups is 1. The summed E-state index contributed by atoms with van der Waals surface area (Å²) in [7, 11) is 1.94. The average molecular weight is 253 g/mol. The van der Waals surface area contributed by atoms with E-state index in [0.717, 1.165) is 31.7 Å². The SMILES string of the molecule is CSCCC(=O)N(C)C1CCNCC1.Cl. The number of nitrogens with one attached hydrogen (secondary N) is 1. The van der Waals surface area contributed by atoms with Gasteiger partial charge in [0.25, 0.3) is 0 Å². The van der Waals surface area contributed by atoms with Gasteiger partial charge in [0.15, 0.2) is 0 Å². The lowest BCUT2D eigenvalue weighted by atomic mass is 10.1. The maximum absolute atomic E-state index is 11.7. The molecule has 0 aromatic heterocycles. The number of amides is 1. The van der Waals surface area contributed by atoms with Crippen molar-refractivity contribution in [2.45, 2.75) is 25.3 Å². The Balaban J connectivity index is 0.00000196. The van der Waals surface area contributed by atoms with Gasteiger partial charge < -0.3 is 10.2 Å². The molecule has 0 unspecified atom stereocenters. The van der Waals surface area contributed by atoms with Crippen molar-refractivity contribution in [3.63, 3.8) is 0 Å². The lowest BCUT2D eigenvalue weighted by Crippen LogP contribution is -2.44. The van der Waals surface area contributed by atoms with Crippen molar-refractivity contribution >= 4 is 30.1 Å². The largest absolute Gasteiger partial charge is 0.343 e. The monoisotopic (exact) mass is 252 g/mol. The van der Waals surface area contributed by atoms with Gasteiger partial charge in [0.1, 0.15) is 0 Å². The van der Waals surface area contributed by atoms with Gasteiger partial charge in [0.2, 0.25) is 5.91 Å². The predicted molar refractivity (Wildman–Crippen MR) is 68.9 cm³/mol. The summed E-state index contributed by atoms with van der Waals surface area (Å²) in [6.45, 7) is 2.09. The first-order chi connectivity index (χ1) is 6.75. The third-order valence-electron chi connectivity index (χ3n) is 2.77. The van der Waals surface area contributed by atoms with Crippen LogP contribution in [-0.2, 0) is 4.79 Å². The normalized spacial score (nSPS) is 16.9. The lowest BCUT2D eigenvalue weighted by molar-refractivity contribution is -0.131. The van der Waals surface area contributed by atoms with Gasteiger partial charge in [-0.2, -0.15) is 11.8 Å². The Kier molecular flexibility index (Phi) is 8.29. The molecule has 0 aromatic carbocycles. The van der Waals surface area contributed by atoms with Crippen molar-refractivity contribution in [2.24, 2.45) is 0 Å².